The van der Waals surface area contributed by atoms with Gasteiger partial charge in [0.05, 0.1) is 30.7 Å². The molecule has 0 bridgehead atoms. The Labute approximate surface area is 406 Å². The van der Waals surface area contributed by atoms with Gasteiger partial charge >= 0.3 is 6.03 Å². The van der Waals surface area contributed by atoms with Gasteiger partial charge < -0.3 is 47.0 Å². The molecule has 1 aliphatic heterocycles. The number of hydrogen-bond donors (Lipinski definition) is 7. The number of carbonyl (C=O) groups excluding carboxylic acids is 9. The predicted octanol–water partition coefficient (Wildman–Crippen LogP) is 2.39. The van der Waals surface area contributed by atoms with Crippen LogP contribution in [0.15, 0.2) is 73.2 Å². The molecule has 3 aromatic rings. The Hall–Kier alpha value is -7.32. The number of carbonyl (C=O) groups is 9. The molecule has 21 heteroatoms. The van der Waals surface area contributed by atoms with Gasteiger partial charge in [-0.2, -0.15) is 0 Å². The van der Waals surface area contributed by atoms with E-state index in [4.69, 9.17) is 0 Å². The molecule has 2 fully saturated rings. The number of benzene rings is 2. The largest absolute Gasteiger partial charge is 0.349 e. The van der Waals surface area contributed by atoms with Crippen molar-refractivity contribution in [2.75, 3.05) is 39.0 Å². The second kappa shape index (κ2) is 24.8. The van der Waals surface area contributed by atoms with Gasteiger partial charge in [-0.25, -0.2) is 14.2 Å². The van der Waals surface area contributed by atoms with E-state index in [1.807, 2.05) is 0 Å². The number of hydrogen-bond acceptors (Lipinski definition) is 11. The first-order chi connectivity index (χ1) is 33.3. The van der Waals surface area contributed by atoms with Gasteiger partial charge in [0.2, 0.25) is 35.3 Å². The first-order valence-corrected chi connectivity index (χ1v) is 23.4. The fourth-order valence-corrected chi connectivity index (χ4v) is 8.43. The highest BCUT2D eigenvalue weighted by Gasteiger charge is 2.45. The molecule has 2 aromatic carbocycles. The second-order valence-corrected chi connectivity index (χ2v) is 18.9. The van der Waals surface area contributed by atoms with Crippen LogP contribution in [0, 0.1) is 23.1 Å². The molecule has 20 nitrogen and oxygen atoms in total. The van der Waals surface area contributed by atoms with Gasteiger partial charge in [0.1, 0.15) is 29.6 Å². The van der Waals surface area contributed by atoms with Crippen molar-refractivity contribution in [2.45, 2.75) is 103 Å². The molecule has 0 unspecified atom stereocenters. The van der Waals surface area contributed by atoms with E-state index in [-0.39, 0.29) is 36.7 Å². The molecule has 1 saturated heterocycles. The van der Waals surface area contributed by atoms with Crippen molar-refractivity contribution < 1.29 is 47.5 Å². The zero-order valence-electron chi connectivity index (χ0n) is 40.4. The topological polar surface area (TPSA) is 270 Å². The SMILES string of the molecule is CCC[C@H](NC(=O)[C@@H]1CN(C(=O)Nc2ccccc2)C[C@@H]1NC(=O)[C@@H](NC(=O)[C@@H](NC(=O)c1cnccn1)C1CCCCC1)C(C)(C)C)C(=O)C(=O)NCC(=O)N[C@H](C(=O)N(C)C)c1ccc(F)cc1. The summed E-state index contributed by atoms with van der Waals surface area (Å²) in [5.74, 6) is -8.21. The summed E-state index contributed by atoms with van der Waals surface area (Å²) in [4.78, 5) is 133. The van der Waals surface area contributed by atoms with Crippen molar-refractivity contribution in [1.82, 2.24) is 51.7 Å². The van der Waals surface area contributed by atoms with Crippen LogP contribution >= 0.6 is 0 Å². The number of amides is 9. The molecule has 2 aliphatic rings. The number of anilines is 1. The van der Waals surface area contributed by atoms with E-state index in [0.29, 0.717) is 24.9 Å². The Morgan fingerprint density at radius 1 is 0.829 bits per heavy atom. The molecule has 9 amide bonds. The van der Waals surface area contributed by atoms with Crippen molar-refractivity contribution >= 4 is 58.9 Å². The molecule has 1 saturated carbocycles. The van der Waals surface area contributed by atoms with Crippen molar-refractivity contribution in [3.05, 3.63) is 90.3 Å². The average Bonchev–Trinajstić information content (AvgIpc) is 3.77. The van der Waals surface area contributed by atoms with Gasteiger partial charge in [-0.15, -0.1) is 0 Å². The minimum atomic E-state index is -1.39. The maximum atomic E-state index is 14.5. The summed E-state index contributed by atoms with van der Waals surface area (Å²) < 4.78 is 13.6. The Kier molecular flexibility index (Phi) is 19.0. The van der Waals surface area contributed by atoms with Crippen molar-refractivity contribution in [1.29, 1.82) is 0 Å². The second-order valence-electron chi connectivity index (χ2n) is 18.9. The summed E-state index contributed by atoms with van der Waals surface area (Å²) in [7, 11) is 2.94. The van der Waals surface area contributed by atoms with E-state index in [0.717, 1.165) is 31.4 Å². The molecule has 0 radical (unpaired) electrons. The Bertz CT molecular complexity index is 2340. The third-order valence-corrected chi connectivity index (χ3v) is 12.2. The molecule has 5 rings (SSSR count). The molecule has 0 spiro atoms. The maximum absolute atomic E-state index is 14.5. The third-order valence-electron chi connectivity index (χ3n) is 12.2. The number of likely N-dealkylation sites (tertiary alicyclic amines) is 1. The highest BCUT2D eigenvalue weighted by molar-refractivity contribution is 6.38. The number of ketones is 1. The third kappa shape index (κ3) is 14.8. The van der Waals surface area contributed by atoms with Crippen LogP contribution < -0.4 is 37.2 Å². The highest BCUT2D eigenvalue weighted by atomic mass is 19.1. The van der Waals surface area contributed by atoms with E-state index >= 15 is 0 Å². The smallest absolute Gasteiger partial charge is 0.321 e. The number of likely N-dealkylation sites (N-methyl/N-ethyl adjacent to an activating group) is 1. The molecular weight excluding hydrogens is 906 g/mol. The first-order valence-electron chi connectivity index (χ1n) is 23.4. The van der Waals surface area contributed by atoms with Gasteiger partial charge in [-0.3, -0.25) is 43.3 Å². The van der Waals surface area contributed by atoms with E-state index < -0.39 is 107 Å². The zero-order valence-corrected chi connectivity index (χ0v) is 40.4. The van der Waals surface area contributed by atoms with Crippen molar-refractivity contribution in [3.8, 4) is 0 Å². The van der Waals surface area contributed by atoms with Crippen LogP contribution in [0.2, 0.25) is 0 Å². The van der Waals surface area contributed by atoms with Gasteiger partial charge in [0.15, 0.2) is 0 Å². The van der Waals surface area contributed by atoms with Crippen LogP contribution in [0.25, 0.3) is 0 Å². The molecule has 1 aliphatic carbocycles. The first kappa shape index (κ1) is 53.6. The Morgan fingerprint density at radius 3 is 2.13 bits per heavy atom. The van der Waals surface area contributed by atoms with Crippen LogP contribution in [0.3, 0.4) is 0 Å². The lowest BCUT2D eigenvalue weighted by Gasteiger charge is -2.35. The molecule has 2 heterocycles. The molecule has 1 aromatic heterocycles. The molecule has 70 heavy (non-hydrogen) atoms. The van der Waals surface area contributed by atoms with Crippen LogP contribution in [-0.2, 0) is 33.6 Å². The Morgan fingerprint density at radius 2 is 1.51 bits per heavy atom. The standard InChI is InChI=1S/C49H64FN11O9/c1-7-14-34(40(63)45(67)53-26-37(62)57-39(47(69)60(5)6)30-19-21-31(50)22-20-30)55-42(64)33-27-61(48(70)54-32-17-12-9-13-18-32)28-36(33)56-46(68)41(49(2,3)4)59-44(66)38(29-15-10-8-11-16-29)58-43(65)35-25-51-23-24-52-35/h9,12-13,17-25,29,33-34,36,38-39,41H,7-8,10-11,14-16,26-28H2,1-6H3,(H,53,67)(H,54,70)(H,55,64)(H,56,68)(H,57,62)(H,58,65)(H,59,66)/t33-,34+,36+,38+,39+,41-/m1/s1. The fourth-order valence-electron chi connectivity index (χ4n) is 8.43. The summed E-state index contributed by atoms with van der Waals surface area (Å²) in [6.07, 6.45) is 8.43. The van der Waals surface area contributed by atoms with Crippen LogP contribution in [-0.4, -0.2) is 131 Å². The minimum absolute atomic E-state index is 0.00377. The van der Waals surface area contributed by atoms with E-state index in [1.165, 1.54) is 54.6 Å². The van der Waals surface area contributed by atoms with Gasteiger partial charge in [-0.05, 0) is 60.4 Å². The van der Waals surface area contributed by atoms with Crippen molar-refractivity contribution in [2.24, 2.45) is 17.3 Å². The van der Waals surface area contributed by atoms with Crippen LogP contribution in [0.5, 0.6) is 0 Å². The molecule has 376 valence electrons. The van der Waals surface area contributed by atoms with Crippen molar-refractivity contribution in [3.63, 3.8) is 0 Å². The number of halogens is 1. The monoisotopic (exact) mass is 969 g/mol. The average molecular weight is 970 g/mol. The van der Waals surface area contributed by atoms with Crippen LogP contribution in [0.4, 0.5) is 14.9 Å². The van der Waals surface area contributed by atoms with E-state index in [9.17, 15) is 47.5 Å². The number of nitrogens with one attached hydrogen (secondary N) is 7. The fraction of sp³-hybridized carbons (Fsp3) is 0.490. The number of urea groups is 1. The number of rotatable bonds is 19. The van der Waals surface area contributed by atoms with Crippen LogP contribution in [0.1, 0.15) is 94.7 Å². The normalized spacial score (nSPS) is 17.6. The minimum Gasteiger partial charge on any atom is -0.349 e. The van der Waals surface area contributed by atoms with Gasteiger partial charge in [0, 0.05) is 45.3 Å². The quantitative estimate of drug-likeness (QED) is 0.0858. The lowest BCUT2D eigenvalue weighted by atomic mass is 9.82. The molecule has 6 atom stereocenters. The highest BCUT2D eigenvalue weighted by Crippen LogP contribution is 2.29. The van der Waals surface area contributed by atoms with Gasteiger partial charge in [-0.1, -0.05) is 83.7 Å². The number of nitrogens with zero attached hydrogens (tertiary/aromatic N) is 4. The van der Waals surface area contributed by atoms with E-state index in [1.54, 1.807) is 58.0 Å². The van der Waals surface area contributed by atoms with E-state index in [2.05, 4.69) is 47.2 Å². The lowest BCUT2D eigenvalue weighted by molar-refractivity contribution is -0.141. The zero-order chi connectivity index (χ0) is 51.1. The molecule has 7 N–H and O–H groups in total. The number of para-hydroxylation sites is 1. The number of aromatic nitrogens is 2. The van der Waals surface area contributed by atoms with Gasteiger partial charge in [0.25, 0.3) is 11.8 Å². The summed E-state index contributed by atoms with van der Waals surface area (Å²) in [6.45, 7) is 5.85. The number of Topliss-reactive ketones (excluding diaryl/α,β-unsaturated/α-hetero) is 1. The lowest BCUT2D eigenvalue weighted by Crippen LogP contribution is -2.61. The maximum Gasteiger partial charge on any atom is 0.321 e. The molecular formula is C49H64FN11O9. The Balaban J connectivity index is 1.32. The predicted molar refractivity (Wildman–Crippen MR) is 255 cm³/mol. The summed E-state index contributed by atoms with van der Waals surface area (Å²) in [6, 6.07) is 7.01. The summed E-state index contributed by atoms with van der Waals surface area (Å²) in [5, 5.41) is 18.8. The summed E-state index contributed by atoms with van der Waals surface area (Å²) in [5.41, 5.74) is -0.147. The summed E-state index contributed by atoms with van der Waals surface area (Å²) >= 11 is 0.